The van der Waals surface area contributed by atoms with Gasteiger partial charge in [-0.3, -0.25) is 4.79 Å². The van der Waals surface area contributed by atoms with Crippen LogP contribution in [0.25, 0.3) is 0 Å². The topological polar surface area (TPSA) is 35.5 Å². The number of methoxy groups -OCH3 is 1. The number of ether oxygens (including phenoxy) is 2. The molecule has 2 unspecified atom stereocenters. The molecule has 0 aromatic rings. The summed E-state index contributed by atoms with van der Waals surface area (Å²) in [5, 5.41) is 0. The van der Waals surface area contributed by atoms with Gasteiger partial charge in [-0.15, -0.1) is 0 Å². The second-order valence-electron chi connectivity index (χ2n) is 4.35. The van der Waals surface area contributed by atoms with Crippen molar-refractivity contribution in [2.24, 2.45) is 0 Å². The lowest BCUT2D eigenvalue weighted by Gasteiger charge is -2.34. The third kappa shape index (κ3) is 2.34. The lowest BCUT2D eigenvalue weighted by Crippen LogP contribution is -2.37. The van der Waals surface area contributed by atoms with Gasteiger partial charge in [-0.2, -0.15) is 0 Å². The first-order valence-corrected chi connectivity index (χ1v) is 5.48. The Balaban J connectivity index is 1.72. The molecule has 2 saturated carbocycles. The Morgan fingerprint density at radius 2 is 1.86 bits per heavy atom. The standard InChI is InChI=1S/C11H18O3/c1-13-9-3-2-4-10(7-9)14-11-5-8(12)6-11/h9-11H,2-7H2,1H3. The highest BCUT2D eigenvalue weighted by Gasteiger charge is 2.31. The van der Waals surface area contributed by atoms with Crippen molar-refractivity contribution in [3.05, 3.63) is 0 Å². The van der Waals surface area contributed by atoms with Gasteiger partial charge < -0.3 is 9.47 Å². The summed E-state index contributed by atoms with van der Waals surface area (Å²) < 4.78 is 11.2. The number of ketones is 1. The molecule has 0 N–H and O–H groups in total. The molecular formula is C11H18O3. The van der Waals surface area contributed by atoms with Gasteiger partial charge in [0.25, 0.3) is 0 Å². The minimum atomic E-state index is 0.211. The van der Waals surface area contributed by atoms with Crippen molar-refractivity contribution in [2.75, 3.05) is 7.11 Å². The van der Waals surface area contributed by atoms with Gasteiger partial charge >= 0.3 is 0 Å². The monoisotopic (exact) mass is 198 g/mol. The first-order valence-electron chi connectivity index (χ1n) is 5.48. The molecule has 0 heterocycles. The molecule has 0 radical (unpaired) electrons. The Morgan fingerprint density at radius 3 is 2.50 bits per heavy atom. The van der Waals surface area contributed by atoms with Crippen LogP contribution in [0.4, 0.5) is 0 Å². The Labute approximate surface area is 84.8 Å². The third-order valence-electron chi connectivity index (χ3n) is 3.21. The zero-order valence-corrected chi connectivity index (χ0v) is 8.70. The van der Waals surface area contributed by atoms with E-state index in [0.29, 0.717) is 30.8 Å². The van der Waals surface area contributed by atoms with E-state index in [9.17, 15) is 4.79 Å². The lowest BCUT2D eigenvalue weighted by atomic mass is 9.91. The maximum Gasteiger partial charge on any atom is 0.138 e. The highest BCUT2D eigenvalue weighted by atomic mass is 16.5. The van der Waals surface area contributed by atoms with Crippen LogP contribution in [0.2, 0.25) is 0 Å². The summed E-state index contributed by atoms with van der Waals surface area (Å²) in [6.07, 6.45) is 6.64. The molecule has 0 spiro atoms. The second-order valence-corrected chi connectivity index (χ2v) is 4.35. The van der Waals surface area contributed by atoms with E-state index in [4.69, 9.17) is 9.47 Å². The highest BCUT2D eigenvalue weighted by Crippen LogP contribution is 2.28. The normalized spacial score (nSPS) is 34.2. The average Bonchev–Trinajstić information content (AvgIpc) is 2.16. The fourth-order valence-electron chi connectivity index (χ4n) is 2.26. The first kappa shape index (κ1) is 10.1. The molecule has 3 nitrogen and oxygen atoms in total. The molecule has 2 aliphatic carbocycles. The largest absolute Gasteiger partial charge is 0.381 e. The van der Waals surface area contributed by atoms with Gasteiger partial charge in [0, 0.05) is 20.0 Å². The van der Waals surface area contributed by atoms with Crippen LogP contribution in [0.3, 0.4) is 0 Å². The zero-order chi connectivity index (χ0) is 9.97. The number of hydrogen-bond donors (Lipinski definition) is 0. The average molecular weight is 198 g/mol. The molecular weight excluding hydrogens is 180 g/mol. The summed E-state index contributed by atoms with van der Waals surface area (Å²) in [5.41, 5.74) is 0. The number of rotatable bonds is 3. The van der Waals surface area contributed by atoms with Gasteiger partial charge in [-0.25, -0.2) is 0 Å². The van der Waals surface area contributed by atoms with Gasteiger partial charge in [-0.1, -0.05) is 0 Å². The van der Waals surface area contributed by atoms with Crippen LogP contribution in [-0.2, 0) is 14.3 Å². The SMILES string of the molecule is COC1CCCC(OC2CC(=O)C2)C1. The molecule has 3 heteroatoms. The van der Waals surface area contributed by atoms with E-state index < -0.39 is 0 Å². The van der Waals surface area contributed by atoms with E-state index in [1.165, 1.54) is 6.42 Å². The number of carbonyl (C=O) groups excluding carboxylic acids is 1. The molecule has 0 aromatic carbocycles. The minimum Gasteiger partial charge on any atom is -0.381 e. The summed E-state index contributed by atoms with van der Waals surface area (Å²) >= 11 is 0. The maximum atomic E-state index is 10.8. The summed E-state index contributed by atoms with van der Waals surface area (Å²) in [5.74, 6) is 0.342. The van der Waals surface area contributed by atoms with E-state index in [2.05, 4.69) is 0 Å². The van der Waals surface area contributed by atoms with Gasteiger partial charge in [-0.05, 0) is 25.7 Å². The molecule has 2 atom stereocenters. The molecule has 0 saturated heterocycles. The summed E-state index contributed by atoms with van der Waals surface area (Å²) in [6.45, 7) is 0. The predicted octanol–water partition coefficient (Wildman–Crippen LogP) is 1.69. The van der Waals surface area contributed by atoms with Crippen molar-refractivity contribution < 1.29 is 14.3 Å². The molecule has 0 amide bonds. The Morgan fingerprint density at radius 1 is 1.14 bits per heavy atom. The number of carbonyl (C=O) groups is 1. The van der Waals surface area contributed by atoms with Gasteiger partial charge in [0.1, 0.15) is 5.78 Å². The molecule has 2 rings (SSSR count). The van der Waals surface area contributed by atoms with Crippen LogP contribution in [0, 0.1) is 0 Å². The summed E-state index contributed by atoms with van der Waals surface area (Å²) in [7, 11) is 1.76. The van der Waals surface area contributed by atoms with E-state index in [-0.39, 0.29) is 6.10 Å². The van der Waals surface area contributed by atoms with Crippen molar-refractivity contribution in [1.29, 1.82) is 0 Å². The van der Waals surface area contributed by atoms with Crippen molar-refractivity contribution in [3.63, 3.8) is 0 Å². The molecule has 80 valence electrons. The van der Waals surface area contributed by atoms with Crippen LogP contribution in [0.15, 0.2) is 0 Å². The maximum absolute atomic E-state index is 10.8. The van der Waals surface area contributed by atoms with Gasteiger partial charge in [0.2, 0.25) is 0 Å². The molecule has 0 bridgehead atoms. The van der Waals surface area contributed by atoms with Crippen LogP contribution in [0.5, 0.6) is 0 Å². The van der Waals surface area contributed by atoms with Crippen LogP contribution >= 0.6 is 0 Å². The first-order chi connectivity index (χ1) is 6.78. The zero-order valence-electron chi connectivity index (χ0n) is 8.70. The van der Waals surface area contributed by atoms with Crippen LogP contribution in [-0.4, -0.2) is 31.2 Å². The second kappa shape index (κ2) is 4.41. The van der Waals surface area contributed by atoms with Crippen molar-refractivity contribution >= 4 is 5.78 Å². The van der Waals surface area contributed by atoms with E-state index in [1.807, 2.05) is 0 Å². The molecule has 14 heavy (non-hydrogen) atoms. The predicted molar refractivity (Wildman–Crippen MR) is 52.2 cm³/mol. The van der Waals surface area contributed by atoms with E-state index >= 15 is 0 Å². The summed E-state index contributed by atoms with van der Waals surface area (Å²) in [6, 6.07) is 0. The Hall–Kier alpha value is -0.410. The summed E-state index contributed by atoms with van der Waals surface area (Å²) in [4.78, 5) is 10.8. The van der Waals surface area contributed by atoms with Crippen molar-refractivity contribution in [3.8, 4) is 0 Å². The fourth-order valence-corrected chi connectivity index (χ4v) is 2.26. The number of hydrogen-bond acceptors (Lipinski definition) is 3. The number of Topliss-reactive ketones (excluding diaryl/α,β-unsaturated/α-hetero) is 1. The van der Waals surface area contributed by atoms with E-state index in [1.54, 1.807) is 7.11 Å². The van der Waals surface area contributed by atoms with Crippen LogP contribution in [0.1, 0.15) is 38.5 Å². The van der Waals surface area contributed by atoms with Crippen molar-refractivity contribution in [1.82, 2.24) is 0 Å². The third-order valence-corrected chi connectivity index (χ3v) is 3.21. The van der Waals surface area contributed by atoms with Crippen LogP contribution < -0.4 is 0 Å². The molecule has 2 fully saturated rings. The molecule has 0 aliphatic heterocycles. The Kier molecular flexibility index (Phi) is 3.19. The fraction of sp³-hybridized carbons (Fsp3) is 0.909. The van der Waals surface area contributed by atoms with E-state index in [0.717, 1.165) is 19.3 Å². The quantitative estimate of drug-likeness (QED) is 0.692. The smallest absolute Gasteiger partial charge is 0.138 e. The molecule has 2 aliphatic rings. The lowest BCUT2D eigenvalue weighted by molar-refractivity contribution is -0.142. The van der Waals surface area contributed by atoms with Gasteiger partial charge in [0.15, 0.2) is 0 Å². The van der Waals surface area contributed by atoms with Gasteiger partial charge in [0.05, 0.1) is 18.3 Å². The Bertz CT molecular complexity index is 207. The highest BCUT2D eigenvalue weighted by molar-refractivity contribution is 5.85. The van der Waals surface area contributed by atoms with Crippen molar-refractivity contribution in [2.45, 2.75) is 56.8 Å². The minimum absolute atomic E-state index is 0.211. The molecule has 0 aromatic heterocycles.